The van der Waals surface area contributed by atoms with E-state index in [0.29, 0.717) is 11.7 Å². The zero-order valence-corrected chi connectivity index (χ0v) is 11.3. The Morgan fingerprint density at radius 3 is 2.95 bits per heavy atom. The molecule has 1 aliphatic heterocycles. The molecule has 2 heterocycles. The number of aromatic nitrogens is 1. The number of piperazine rings is 1. The van der Waals surface area contributed by atoms with Crippen LogP contribution >= 0.6 is 0 Å². The van der Waals surface area contributed by atoms with Crippen molar-refractivity contribution in [3.8, 4) is 0 Å². The van der Waals surface area contributed by atoms with Crippen molar-refractivity contribution < 1.29 is 9.59 Å². The third-order valence-corrected chi connectivity index (χ3v) is 3.25. The molecule has 1 atom stereocenters. The summed E-state index contributed by atoms with van der Waals surface area (Å²) >= 11 is 0. The number of aryl methyl sites for hydroxylation is 1. The summed E-state index contributed by atoms with van der Waals surface area (Å²) < 4.78 is 1.69. The average molecular weight is 264 g/mol. The van der Waals surface area contributed by atoms with Crippen molar-refractivity contribution in [2.75, 3.05) is 26.2 Å². The van der Waals surface area contributed by atoms with E-state index in [4.69, 9.17) is 0 Å². The molecular formula is C13H20N4O2. The molecule has 19 heavy (non-hydrogen) atoms. The highest BCUT2D eigenvalue weighted by Gasteiger charge is 2.19. The number of hydrogen-bond acceptors (Lipinski definition) is 4. The lowest BCUT2D eigenvalue weighted by molar-refractivity contribution is -0.121. The van der Waals surface area contributed by atoms with E-state index in [0.717, 1.165) is 19.6 Å². The van der Waals surface area contributed by atoms with Crippen LogP contribution in [0.15, 0.2) is 18.3 Å². The van der Waals surface area contributed by atoms with Crippen molar-refractivity contribution in [3.63, 3.8) is 0 Å². The van der Waals surface area contributed by atoms with Gasteiger partial charge in [0.2, 0.25) is 5.91 Å². The molecular weight excluding hydrogens is 244 g/mol. The fourth-order valence-corrected chi connectivity index (χ4v) is 2.29. The van der Waals surface area contributed by atoms with Crippen LogP contribution in [0.2, 0.25) is 0 Å². The van der Waals surface area contributed by atoms with Crippen molar-refractivity contribution in [3.05, 3.63) is 24.0 Å². The van der Waals surface area contributed by atoms with Crippen LogP contribution in [0, 0.1) is 0 Å². The van der Waals surface area contributed by atoms with Crippen molar-refractivity contribution in [2.45, 2.75) is 13.0 Å². The van der Waals surface area contributed by atoms with E-state index >= 15 is 0 Å². The first-order chi connectivity index (χ1) is 9.06. The highest BCUT2D eigenvalue weighted by molar-refractivity contribution is 6.04. The lowest BCUT2D eigenvalue weighted by Crippen LogP contribution is -2.52. The second kappa shape index (κ2) is 5.99. The van der Waals surface area contributed by atoms with E-state index in [-0.39, 0.29) is 18.4 Å². The van der Waals surface area contributed by atoms with Gasteiger partial charge in [0.25, 0.3) is 5.91 Å². The van der Waals surface area contributed by atoms with E-state index in [9.17, 15) is 9.59 Å². The summed E-state index contributed by atoms with van der Waals surface area (Å²) in [5, 5.41) is 5.74. The fraction of sp³-hybridized carbons (Fsp3) is 0.538. The maximum atomic E-state index is 11.9. The van der Waals surface area contributed by atoms with Crippen LogP contribution in [-0.4, -0.2) is 53.5 Å². The SMILES string of the molecule is C[C@H]1CN(CC(=O)NC(=O)c2cccn2C)CCN1. The standard InChI is InChI=1S/C13H20N4O2/c1-10-8-17(7-5-14-10)9-12(18)15-13(19)11-4-3-6-16(11)2/h3-4,6,10,14H,5,7-9H2,1-2H3,(H,15,18,19)/t10-/m0/s1. The number of hydrogen-bond donors (Lipinski definition) is 2. The molecule has 2 rings (SSSR count). The Labute approximate surface area is 112 Å². The molecule has 1 aromatic heterocycles. The first-order valence-corrected chi connectivity index (χ1v) is 6.47. The highest BCUT2D eigenvalue weighted by Crippen LogP contribution is 2.00. The number of rotatable bonds is 3. The van der Waals surface area contributed by atoms with Gasteiger partial charge in [-0.15, -0.1) is 0 Å². The van der Waals surface area contributed by atoms with E-state index in [1.165, 1.54) is 0 Å². The summed E-state index contributed by atoms with van der Waals surface area (Å²) in [5.41, 5.74) is 0.488. The molecule has 0 spiro atoms. The Morgan fingerprint density at radius 2 is 2.32 bits per heavy atom. The van der Waals surface area contributed by atoms with Crippen LogP contribution in [0.5, 0.6) is 0 Å². The normalized spacial score (nSPS) is 20.2. The number of carbonyl (C=O) groups is 2. The predicted octanol–water partition coefficient (Wildman–Crippen LogP) is -0.425. The Balaban J connectivity index is 1.84. The maximum Gasteiger partial charge on any atom is 0.274 e. The fourth-order valence-electron chi connectivity index (χ4n) is 2.29. The first kappa shape index (κ1) is 13.8. The van der Waals surface area contributed by atoms with E-state index < -0.39 is 0 Å². The molecule has 6 nitrogen and oxygen atoms in total. The second-order valence-electron chi connectivity index (χ2n) is 4.97. The summed E-state index contributed by atoms with van der Waals surface area (Å²) in [6, 6.07) is 3.84. The summed E-state index contributed by atoms with van der Waals surface area (Å²) in [6.45, 7) is 4.88. The maximum absolute atomic E-state index is 11.9. The van der Waals surface area contributed by atoms with Crippen LogP contribution in [0.3, 0.4) is 0 Å². The molecule has 1 aromatic rings. The molecule has 1 fully saturated rings. The van der Waals surface area contributed by atoms with Gasteiger partial charge < -0.3 is 9.88 Å². The van der Waals surface area contributed by atoms with Crippen molar-refractivity contribution in [2.24, 2.45) is 7.05 Å². The van der Waals surface area contributed by atoms with Crippen LogP contribution in [0.1, 0.15) is 17.4 Å². The largest absolute Gasteiger partial charge is 0.347 e. The van der Waals surface area contributed by atoms with Gasteiger partial charge in [0.05, 0.1) is 6.54 Å². The van der Waals surface area contributed by atoms with Gasteiger partial charge in [0.1, 0.15) is 5.69 Å². The van der Waals surface area contributed by atoms with Crippen LogP contribution < -0.4 is 10.6 Å². The van der Waals surface area contributed by atoms with Gasteiger partial charge in [-0.2, -0.15) is 0 Å². The molecule has 0 aromatic carbocycles. The number of nitrogens with one attached hydrogen (secondary N) is 2. The van der Waals surface area contributed by atoms with Gasteiger partial charge in [-0.3, -0.25) is 19.8 Å². The smallest absolute Gasteiger partial charge is 0.274 e. The number of carbonyl (C=O) groups excluding carboxylic acids is 2. The van der Waals surface area contributed by atoms with E-state index in [1.807, 2.05) is 0 Å². The topological polar surface area (TPSA) is 66.4 Å². The summed E-state index contributed by atoms with van der Waals surface area (Å²) in [7, 11) is 1.78. The van der Waals surface area contributed by atoms with Crippen LogP contribution in [-0.2, 0) is 11.8 Å². The molecule has 0 saturated carbocycles. The van der Waals surface area contributed by atoms with Crippen molar-refractivity contribution in [1.82, 2.24) is 20.1 Å². The average Bonchev–Trinajstić information content (AvgIpc) is 2.75. The Hall–Kier alpha value is -1.66. The third kappa shape index (κ3) is 3.65. The Kier molecular flexibility index (Phi) is 4.34. The van der Waals surface area contributed by atoms with Crippen molar-refractivity contribution >= 4 is 11.8 Å². The lowest BCUT2D eigenvalue weighted by atomic mass is 10.2. The minimum Gasteiger partial charge on any atom is -0.347 e. The monoisotopic (exact) mass is 264 g/mol. The lowest BCUT2D eigenvalue weighted by Gasteiger charge is -2.31. The Bertz CT molecular complexity index is 469. The zero-order chi connectivity index (χ0) is 13.8. The number of amides is 2. The van der Waals surface area contributed by atoms with Gasteiger partial charge in [-0.1, -0.05) is 0 Å². The summed E-state index contributed by atoms with van der Waals surface area (Å²) in [4.78, 5) is 25.7. The molecule has 1 saturated heterocycles. The minimum absolute atomic E-state index is 0.250. The number of nitrogens with zero attached hydrogens (tertiary/aromatic N) is 2. The molecule has 0 aliphatic carbocycles. The molecule has 0 bridgehead atoms. The van der Waals surface area contributed by atoms with Gasteiger partial charge in [-0.05, 0) is 19.1 Å². The molecule has 2 amide bonds. The predicted molar refractivity (Wildman–Crippen MR) is 71.8 cm³/mol. The van der Waals surface area contributed by atoms with E-state index in [1.54, 1.807) is 29.9 Å². The molecule has 6 heteroatoms. The molecule has 0 unspecified atom stereocenters. The van der Waals surface area contributed by atoms with E-state index in [2.05, 4.69) is 22.5 Å². The molecule has 104 valence electrons. The Morgan fingerprint density at radius 1 is 1.53 bits per heavy atom. The van der Waals surface area contributed by atoms with Gasteiger partial charge in [-0.25, -0.2) is 0 Å². The van der Waals surface area contributed by atoms with Crippen molar-refractivity contribution in [1.29, 1.82) is 0 Å². The molecule has 2 N–H and O–H groups in total. The van der Waals surface area contributed by atoms with Gasteiger partial charge >= 0.3 is 0 Å². The van der Waals surface area contributed by atoms with Gasteiger partial charge in [0, 0.05) is 38.9 Å². The van der Waals surface area contributed by atoms with Gasteiger partial charge in [0.15, 0.2) is 0 Å². The van der Waals surface area contributed by atoms with Crippen LogP contribution in [0.4, 0.5) is 0 Å². The minimum atomic E-state index is -0.347. The highest BCUT2D eigenvalue weighted by atomic mass is 16.2. The molecule has 1 aliphatic rings. The second-order valence-corrected chi connectivity index (χ2v) is 4.97. The molecule has 0 radical (unpaired) electrons. The first-order valence-electron chi connectivity index (χ1n) is 6.47. The summed E-state index contributed by atoms with van der Waals surface area (Å²) in [5.74, 6) is -0.596. The number of imide groups is 1. The quantitative estimate of drug-likeness (QED) is 0.778. The van der Waals surface area contributed by atoms with Crippen LogP contribution in [0.25, 0.3) is 0 Å². The summed E-state index contributed by atoms with van der Waals surface area (Å²) in [6.07, 6.45) is 1.78. The third-order valence-electron chi connectivity index (χ3n) is 3.25. The zero-order valence-electron chi connectivity index (χ0n) is 11.3.